The molecule has 0 saturated carbocycles. The van der Waals surface area contributed by atoms with Crippen LogP contribution in [-0.4, -0.2) is 38.1 Å². The number of aromatic nitrogens is 3. The molecule has 3 heterocycles. The first-order valence-corrected chi connectivity index (χ1v) is 6.70. The summed E-state index contributed by atoms with van der Waals surface area (Å²) in [6.45, 7) is 2.46. The number of fused-ring (bicyclic) bond motifs is 1. The minimum absolute atomic E-state index is 0.545. The maximum absolute atomic E-state index is 11.6. The molecule has 0 amide bonds. The second-order valence-electron chi connectivity index (χ2n) is 5.26. The first kappa shape index (κ1) is 12.8. The minimum atomic E-state index is -0.902. The Kier molecular flexibility index (Phi) is 3.00. The van der Waals surface area contributed by atoms with Crippen LogP contribution in [0, 0.1) is 0 Å². The van der Waals surface area contributed by atoms with Crippen LogP contribution in [0.2, 0.25) is 0 Å². The van der Waals surface area contributed by atoms with Crippen LogP contribution in [-0.2, 0) is 4.79 Å². The van der Waals surface area contributed by atoms with Gasteiger partial charge in [0, 0.05) is 18.9 Å². The van der Waals surface area contributed by atoms with Gasteiger partial charge < -0.3 is 10.0 Å². The smallest absolute Gasteiger partial charge is 0.329 e. The minimum Gasteiger partial charge on any atom is -0.480 e. The Morgan fingerprint density at radius 1 is 1.30 bits per heavy atom. The first-order chi connectivity index (χ1) is 9.61. The quantitative estimate of drug-likeness (QED) is 0.899. The van der Waals surface area contributed by atoms with Gasteiger partial charge in [-0.25, -0.2) is 14.8 Å². The fraction of sp³-hybridized carbons (Fsp3) is 0.429. The number of rotatable bonds is 2. The molecular weight excluding hydrogens is 256 g/mol. The van der Waals surface area contributed by atoms with Gasteiger partial charge in [-0.15, -0.1) is 0 Å². The molecule has 2 aromatic heterocycles. The Morgan fingerprint density at radius 3 is 2.90 bits per heavy atom. The lowest BCUT2D eigenvalue weighted by molar-refractivity contribution is -0.143. The highest BCUT2D eigenvalue weighted by atomic mass is 16.4. The molecule has 20 heavy (non-hydrogen) atoms. The molecule has 0 spiro atoms. The fourth-order valence-corrected chi connectivity index (χ4v) is 2.71. The molecule has 1 saturated heterocycles. The van der Waals surface area contributed by atoms with Gasteiger partial charge in [0.05, 0.1) is 0 Å². The molecule has 0 bridgehead atoms. The van der Waals surface area contributed by atoms with E-state index in [2.05, 4.69) is 15.0 Å². The van der Waals surface area contributed by atoms with Crippen molar-refractivity contribution in [3.8, 4) is 0 Å². The summed E-state index contributed by atoms with van der Waals surface area (Å²) >= 11 is 0. The van der Waals surface area contributed by atoms with Crippen LogP contribution in [0.4, 0.5) is 5.82 Å². The van der Waals surface area contributed by atoms with Gasteiger partial charge in [0.1, 0.15) is 16.9 Å². The number of carboxylic acids is 1. The molecule has 0 radical (unpaired) electrons. The van der Waals surface area contributed by atoms with Gasteiger partial charge in [0.15, 0.2) is 5.65 Å². The third kappa shape index (κ3) is 1.97. The van der Waals surface area contributed by atoms with Gasteiger partial charge in [0.2, 0.25) is 0 Å². The average molecular weight is 272 g/mol. The van der Waals surface area contributed by atoms with Crippen LogP contribution in [0.5, 0.6) is 0 Å². The van der Waals surface area contributed by atoms with E-state index in [9.17, 15) is 9.90 Å². The van der Waals surface area contributed by atoms with E-state index in [0.717, 1.165) is 12.8 Å². The normalized spacial score (nSPS) is 22.9. The van der Waals surface area contributed by atoms with E-state index in [4.69, 9.17) is 0 Å². The first-order valence-electron chi connectivity index (χ1n) is 6.70. The molecule has 1 fully saturated rings. The summed E-state index contributed by atoms with van der Waals surface area (Å²) < 4.78 is 0. The molecule has 1 aliphatic rings. The highest BCUT2D eigenvalue weighted by Gasteiger charge is 2.42. The van der Waals surface area contributed by atoms with Crippen LogP contribution in [0.1, 0.15) is 26.2 Å². The van der Waals surface area contributed by atoms with Crippen LogP contribution in [0.25, 0.3) is 11.2 Å². The van der Waals surface area contributed by atoms with E-state index < -0.39 is 11.5 Å². The standard InChI is InChI=1S/C14H16N4O2/c1-14(13(19)20)6-2-3-9-18(14)11-5-4-10-12(17-11)16-8-7-15-10/h4-5,7-8H,2-3,6,9H2,1H3,(H,19,20). The fourth-order valence-electron chi connectivity index (χ4n) is 2.71. The summed E-state index contributed by atoms with van der Waals surface area (Å²) in [4.78, 5) is 26.3. The number of piperidine rings is 1. The second kappa shape index (κ2) is 4.70. The number of carboxylic acid groups (broad SMARTS) is 1. The van der Waals surface area contributed by atoms with Crippen LogP contribution in [0.15, 0.2) is 24.5 Å². The number of aliphatic carboxylic acids is 1. The molecule has 0 aliphatic carbocycles. The molecule has 2 aromatic rings. The Morgan fingerprint density at radius 2 is 2.10 bits per heavy atom. The monoisotopic (exact) mass is 272 g/mol. The Bertz CT molecular complexity index is 660. The van der Waals surface area contributed by atoms with Crippen molar-refractivity contribution in [2.75, 3.05) is 11.4 Å². The van der Waals surface area contributed by atoms with E-state index in [1.54, 1.807) is 19.3 Å². The van der Waals surface area contributed by atoms with Crippen molar-refractivity contribution in [3.63, 3.8) is 0 Å². The summed E-state index contributed by atoms with van der Waals surface area (Å²) in [7, 11) is 0. The largest absolute Gasteiger partial charge is 0.480 e. The molecule has 6 nitrogen and oxygen atoms in total. The summed E-state index contributed by atoms with van der Waals surface area (Å²) in [6, 6.07) is 3.66. The summed E-state index contributed by atoms with van der Waals surface area (Å²) in [5, 5.41) is 9.55. The molecule has 1 unspecified atom stereocenters. The summed E-state index contributed by atoms with van der Waals surface area (Å²) in [5.41, 5.74) is 0.356. The number of hydrogen-bond acceptors (Lipinski definition) is 5. The van der Waals surface area contributed by atoms with Crippen molar-refractivity contribution in [1.29, 1.82) is 0 Å². The van der Waals surface area contributed by atoms with Crippen LogP contribution in [0.3, 0.4) is 0 Å². The zero-order valence-electron chi connectivity index (χ0n) is 11.3. The highest BCUT2D eigenvalue weighted by Crippen LogP contribution is 2.32. The Hall–Kier alpha value is -2.24. The van der Waals surface area contributed by atoms with Crippen molar-refractivity contribution in [3.05, 3.63) is 24.5 Å². The second-order valence-corrected chi connectivity index (χ2v) is 5.26. The molecule has 1 atom stereocenters. The average Bonchev–Trinajstić information content (AvgIpc) is 2.47. The highest BCUT2D eigenvalue weighted by molar-refractivity contribution is 5.83. The van der Waals surface area contributed by atoms with E-state index >= 15 is 0 Å². The van der Waals surface area contributed by atoms with Crippen LogP contribution < -0.4 is 4.90 Å². The lowest BCUT2D eigenvalue weighted by Gasteiger charge is -2.42. The maximum atomic E-state index is 11.6. The molecule has 0 aromatic carbocycles. The van der Waals surface area contributed by atoms with Crippen molar-refractivity contribution >= 4 is 23.0 Å². The van der Waals surface area contributed by atoms with Gasteiger partial charge >= 0.3 is 5.97 Å². The predicted octanol–water partition coefficient (Wildman–Crippen LogP) is 1.86. The SMILES string of the molecule is CC1(C(=O)O)CCCCN1c1ccc2nccnc2n1. The topological polar surface area (TPSA) is 79.2 Å². The van der Waals surface area contributed by atoms with Crippen LogP contribution >= 0.6 is 0 Å². The molecule has 6 heteroatoms. The zero-order chi connectivity index (χ0) is 14.2. The van der Waals surface area contributed by atoms with Gasteiger partial charge in [-0.2, -0.15) is 0 Å². The number of pyridine rings is 1. The van der Waals surface area contributed by atoms with Gasteiger partial charge in [-0.3, -0.25) is 4.98 Å². The Labute approximate surface area is 116 Å². The number of carbonyl (C=O) groups is 1. The maximum Gasteiger partial charge on any atom is 0.329 e. The summed E-state index contributed by atoms with van der Waals surface area (Å²) in [5.74, 6) is -0.152. The lowest BCUT2D eigenvalue weighted by atomic mass is 9.88. The number of hydrogen-bond donors (Lipinski definition) is 1. The van der Waals surface area contributed by atoms with Crippen molar-refractivity contribution in [2.24, 2.45) is 0 Å². The molecule has 1 N–H and O–H groups in total. The van der Waals surface area contributed by atoms with Gasteiger partial charge in [-0.1, -0.05) is 0 Å². The third-order valence-electron chi connectivity index (χ3n) is 3.95. The number of nitrogens with zero attached hydrogens (tertiary/aromatic N) is 4. The van der Waals surface area contributed by atoms with Crippen molar-refractivity contribution < 1.29 is 9.90 Å². The van der Waals surface area contributed by atoms with Crippen molar-refractivity contribution in [1.82, 2.24) is 15.0 Å². The number of anilines is 1. The Balaban J connectivity index is 2.06. The molecule has 3 rings (SSSR count). The molecular formula is C14H16N4O2. The van der Waals surface area contributed by atoms with E-state index in [1.807, 2.05) is 17.0 Å². The lowest BCUT2D eigenvalue weighted by Crippen LogP contribution is -2.55. The third-order valence-corrected chi connectivity index (χ3v) is 3.95. The van der Waals surface area contributed by atoms with Gasteiger partial charge in [0.25, 0.3) is 0 Å². The van der Waals surface area contributed by atoms with Gasteiger partial charge in [-0.05, 0) is 38.3 Å². The summed E-state index contributed by atoms with van der Waals surface area (Å²) in [6.07, 6.45) is 5.73. The van der Waals surface area contributed by atoms with Crippen molar-refractivity contribution in [2.45, 2.75) is 31.7 Å². The molecule has 104 valence electrons. The predicted molar refractivity (Wildman–Crippen MR) is 74.6 cm³/mol. The van der Waals surface area contributed by atoms with E-state index in [-0.39, 0.29) is 0 Å². The van der Waals surface area contributed by atoms with E-state index in [1.165, 1.54) is 0 Å². The van der Waals surface area contributed by atoms with E-state index in [0.29, 0.717) is 29.9 Å². The zero-order valence-corrected chi connectivity index (χ0v) is 11.3. The molecule has 1 aliphatic heterocycles.